The Hall–Kier alpha value is -1.15. The topological polar surface area (TPSA) is 101 Å². The molecule has 0 saturated carbocycles. The number of nitrogens with two attached hydrogens (primary N) is 1. The van der Waals surface area contributed by atoms with Gasteiger partial charge < -0.3 is 10.6 Å². The van der Waals surface area contributed by atoms with Crippen molar-refractivity contribution in [3.63, 3.8) is 0 Å². The molecule has 1 unspecified atom stereocenters. The van der Waals surface area contributed by atoms with Gasteiger partial charge in [-0.2, -0.15) is 0 Å². The first-order valence-corrected chi connectivity index (χ1v) is 6.98. The Morgan fingerprint density at radius 1 is 1.44 bits per heavy atom. The van der Waals surface area contributed by atoms with Crippen LogP contribution in [-0.4, -0.2) is 27.4 Å². The third-order valence-electron chi connectivity index (χ3n) is 2.35. The molecular weight excluding hydrogens is 278 g/mol. The Morgan fingerprint density at radius 3 is 2.56 bits per heavy atom. The summed E-state index contributed by atoms with van der Waals surface area (Å²) in [7, 11) is -2.20. The van der Waals surface area contributed by atoms with Gasteiger partial charge in [0.05, 0.1) is 21.6 Å². The van der Waals surface area contributed by atoms with Crippen molar-refractivity contribution in [2.75, 3.05) is 12.4 Å². The van der Waals surface area contributed by atoms with Gasteiger partial charge in [-0.1, -0.05) is 11.6 Å². The summed E-state index contributed by atoms with van der Waals surface area (Å²) >= 11 is 5.87. The number of carbonyl (C=O) groups excluding carboxylic acids is 1. The molecule has 1 atom stereocenters. The second-order valence-electron chi connectivity index (χ2n) is 3.69. The molecule has 1 aromatic rings. The molecule has 0 radical (unpaired) electrons. The monoisotopic (exact) mass is 291 g/mol. The van der Waals surface area contributed by atoms with Crippen molar-refractivity contribution in [1.29, 1.82) is 0 Å². The lowest BCUT2D eigenvalue weighted by Gasteiger charge is -2.12. The van der Waals surface area contributed by atoms with E-state index in [9.17, 15) is 13.2 Å². The van der Waals surface area contributed by atoms with Gasteiger partial charge in [-0.3, -0.25) is 4.79 Å². The lowest BCUT2D eigenvalue weighted by atomic mass is 10.2. The number of primary sulfonamides is 1. The Morgan fingerprint density at radius 2 is 2.06 bits per heavy atom. The maximum atomic E-state index is 11.6. The Kier molecular flexibility index (Phi) is 4.69. The summed E-state index contributed by atoms with van der Waals surface area (Å²) in [5, 5.41) is 10.5. The molecule has 0 aliphatic heterocycles. The van der Waals surface area contributed by atoms with Gasteiger partial charge in [0.25, 0.3) is 0 Å². The standard InChI is InChI=1S/C10H14ClN3O3S/c1-6(13-2)10(15)14-9-5-7(18(12,16)17)3-4-8(9)11/h3-6,13H,1-2H3,(H,14,15)(H2,12,16,17). The summed E-state index contributed by atoms with van der Waals surface area (Å²) in [5.41, 5.74) is 0.204. The molecule has 0 spiro atoms. The molecule has 0 saturated heterocycles. The number of hydrogen-bond acceptors (Lipinski definition) is 4. The normalized spacial score (nSPS) is 13.1. The van der Waals surface area contributed by atoms with Gasteiger partial charge in [0, 0.05) is 0 Å². The first kappa shape index (κ1) is 14.9. The van der Waals surface area contributed by atoms with Crippen LogP contribution in [0, 0.1) is 0 Å². The molecule has 1 amide bonds. The predicted molar refractivity (Wildman–Crippen MR) is 70.0 cm³/mol. The second-order valence-corrected chi connectivity index (χ2v) is 5.65. The fourth-order valence-corrected chi connectivity index (χ4v) is 1.85. The van der Waals surface area contributed by atoms with Gasteiger partial charge in [0.1, 0.15) is 0 Å². The number of sulfonamides is 1. The minimum atomic E-state index is -3.83. The maximum Gasteiger partial charge on any atom is 0.241 e. The van der Waals surface area contributed by atoms with E-state index < -0.39 is 16.1 Å². The van der Waals surface area contributed by atoms with Gasteiger partial charge in [-0.15, -0.1) is 0 Å². The van der Waals surface area contributed by atoms with Crippen LogP contribution in [0.5, 0.6) is 0 Å². The lowest BCUT2D eigenvalue weighted by Crippen LogP contribution is -2.35. The molecule has 0 aromatic heterocycles. The summed E-state index contributed by atoms with van der Waals surface area (Å²) in [6, 6.07) is 3.42. The molecule has 0 bridgehead atoms. The minimum Gasteiger partial charge on any atom is -0.323 e. The van der Waals surface area contributed by atoms with E-state index in [2.05, 4.69) is 10.6 Å². The van der Waals surface area contributed by atoms with E-state index in [4.69, 9.17) is 16.7 Å². The highest BCUT2D eigenvalue weighted by Gasteiger charge is 2.15. The SMILES string of the molecule is CNC(C)C(=O)Nc1cc(S(N)(=O)=O)ccc1Cl. The molecule has 18 heavy (non-hydrogen) atoms. The smallest absolute Gasteiger partial charge is 0.241 e. The maximum absolute atomic E-state index is 11.6. The first-order valence-electron chi connectivity index (χ1n) is 5.06. The van der Waals surface area contributed by atoms with Crippen LogP contribution in [0.25, 0.3) is 0 Å². The molecule has 6 nitrogen and oxygen atoms in total. The van der Waals surface area contributed by atoms with Crippen molar-refractivity contribution >= 4 is 33.2 Å². The van der Waals surface area contributed by atoms with E-state index in [-0.39, 0.29) is 21.5 Å². The van der Waals surface area contributed by atoms with Crippen LogP contribution in [0.4, 0.5) is 5.69 Å². The number of rotatable bonds is 4. The fourth-order valence-electron chi connectivity index (χ4n) is 1.15. The zero-order valence-corrected chi connectivity index (χ0v) is 11.5. The summed E-state index contributed by atoms with van der Waals surface area (Å²) in [5.74, 6) is -0.328. The van der Waals surface area contributed by atoms with Gasteiger partial charge in [0.15, 0.2) is 0 Å². The number of nitrogens with one attached hydrogen (secondary N) is 2. The molecule has 4 N–H and O–H groups in total. The molecule has 100 valence electrons. The van der Waals surface area contributed by atoms with Gasteiger partial charge in [-0.05, 0) is 32.2 Å². The van der Waals surface area contributed by atoms with E-state index in [0.717, 1.165) is 0 Å². The van der Waals surface area contributed by atoms with Crippen molar-refractivity contribution in [1.82, 2.24) is 5.32 Å². The second kappa shape index (κ2) is 5.66. The summed E-state index contributed by atoms with van der Waals surface area (Å²) in [6.45, 7) is 1.66. The van der Waals surface area contributed by atoms with Crippen molar-refractivity contribution in [3.8, 4) is 0 Å². The number of carbonyl (C=O) groups is 1. The van der Waals surface area contributed by atoms with Crippen molar-refractivity contribution in [2.24, 2.45) is 5.14 Å². The highest BCUT2D eigenvalue weighted by Crippen LogP contribution is 2.24. The third kappa shape index (κ3) is 3.67. The number of halogens is 1. The first-order chi connectivity index (χ1) is 8.25. The minimum absolute atomic E-state index is 0.112. The molecule has 0 aliphatic rings. The van der Waals surface area contributed by atoms with Crippen molar-refractivity contribution in [3.05, 3.63) is 23.2 Å². The summed E-state index contributed by atoms with van der Waals surface area (Å²) < 4.78 is 22.4. The van der Waals surface area contributed by atoms with Crippen LogP contribution < -0.4 is 15.8 Å². The fraction of sp³-hybridized carbons (Fsp3) is 0.300. The molecule has 0 aliphatic carbocycles. The average molecular weight is 292 g/mol. The van der Waals surface area contributed by atoms with Crippen molar-refractivity contribution in [2.45, 2.75) is 17.9 Å². The molecule has 0 fully saturated rings. The van der Waals surface area contributed by atoms with Gasteiger partial charge in [0.2, 0.25) is 15.9 Å². The van der Waals surface area contributed by atoms with E-state index in [1.165, 1.54) is 18.2 Å². The predicted octanol–water partition coefficient (Wildman–Crippen LogP) is 0.534. The summed E-state index contributed by atoms with van der Waals surface area (Å²) in [4.78, 5) is 11.5. The Labute approximate surface area is 111 Å². The van der Waals surface area contributed by atoms with E-state index in [0.29, 0.717) is 0 Å². The largest absolute Gasteiger partial charge is 0.323 e. The number of hydrogen-bond donors (Lipinski definition) is 3. The molecule has 1 rings (SSSR count). The number of anilines is 1. The molecule has 0 heterocycles. The zero-order chi connectivity index (χ0) is 13.9. The Balaban J connectivity index is 3.06. The summed E-state index contributed by atoms with van der Waals surface area (Å²) in [6.07, 6.45) is 0. The quantitative estimate of drug-likeness (QED) is 0.753. The third-order valence-corrected chi connectivity index (χ3v) is 3.59. The van der Waals surface area contributed by atoms with Crippen LogP contribution in [0.3, 0.4) is 0 Å². The molecule has 8 heteroatoms. The lowest BCUT2D eigenvalue weighted by molar-refractivity contribution is -0.117. The van der Waals surface area contributed by atoms with Crippen LogP contribution in [0.2, 0.25) is 5.02 Å². The molecule has 1 aromatic carbocycles. The number of amides is 1. The van der Waals surface area contributed by atoms with E-state index >= 15 is 0 Å². The van der Waals surface area contributed by atoms with Crippen LogP contribution in [0.1, 0.15) is 6.92 Å². The highest BCUT2D eigenvalue weighted by molar-refractivity contribution is 7.89. The molecular formula is C10H14ClN3O3S. The number of benzene rings is 1. The van der Waals surface area contributed by atoms with E-state index in [1.807, 2.05) is 0 Å². The van der Waals surface area contributed by atoms with E-state index in [1.54, 1.807) is 14.0 Å². The van der Waals surface area contributed by atoms with Crippen LogP contribution in [0.15, 0.2) is 23.1 Å². The van der Waals surface area contributed by atoms with Crippen LogP contribution in [-0.2, 0) is 14.8 Å². The Bertz CT molecular complexity index is 559. The van der Waals surface area contributed by atoms with Gasteiger partial charge >= 0.3 is 0 Å². The zero-order valence-electron chi connectivity index (χ0n) is 9.90. The highest BCUT2D eigenvalue weighted by atomic mass is 35.5. The van der Waals surface area contributed by atoms with Gasteiger partial charge in [-0.25, -0.2) is 13.6 Å². The average Bonchev–Trinajstić information content (AvgIpc) is 2.29. The van der Waals surface area contributed by atoms with Crippen LogP contribution >= 0.6 is 11.6 Å². The van der Waals surface area contributed by atoms with Crippen molar-refractivity contribution < 1.29 is 13.2 Å². The number of likely N-dealkylation sites (N-methyl/N-ethyl adjacent to an activating group) is 1.